The first-order chi connectivity index (χ1) is 15.7. The molecule has 0 unspecified atom stereocenters. The number of hydrogen-bond acceptors (Lipinski definition) is 6. The molecule has 2 aliphatic rings. The van der Waals surface area contributed by atoms with E-state index in [1.165, 1.54) is 18.4 Å². The minimum atomic E-state index is 0.367. The first-order valence-corrected chi connectivity index (χ1v) is 11.5. The Morgan fingerprint density at radius 1 is 1.06 bits per heavy atom. The van der Waals surface area contributed by atoms with E-state index < -0.39 is 0 Å². The first-order valence-electron chi connectivity index (χ1n) is 11.5. The van der Waals surface area contributed by atoms with Gasteiger partial charge in [-0.15, -0.1) is 0 Å². The predicted molar refractivity (Wildman–Crippen MR) is 128 cm³/mol. The van der Waals surface area contributed by atoms with Crippen LogP contribution >= 0.6 is 0 Å². The lowest BCUT2D eigenvalue weighted by Gasteiger charge is -2.34. The number of nitrogens with zero attached hydrogens (tertiary/aromatic N) is 4. The van der Waals surface area contributed by atoms with E-state index >= 15 is 0 Å². The lowest BCUT2D eigenvalue weighted by molar-refractivity contribution is -0.106. The fourth-order valence-electron chi connectivity index (χ4n) is 4.74. The number of methoxy groups -OCH3 is 1. The maximum absolute atomic E-state index is 11.0. The van der Waals surface area contributed by atoms with Crippen molar-refractivity contribution < 1.29 is 9.53 Å². The molecule has 1 saturated carbocycles. The highest BCUT2D eigenvalue weighted by atomic mass is 16.5. The number of carbonyl (C=O) groups excluding carboxylic acids is 1. The van der Waals surface area contributed by atoms with Crippen molar-refractivity contribution in [3.63, 3.8) is 0 Å². The Morgan fingerprint density at radius 3 is 2.56 bits per heavy atom. The SMILES string of the molecule is COc1ccccc1C1CCN(c2nc(C3CC3)nc3ccc(N(C)CC=O)cc23)CC1. The summed E-state index contributed by atoms with van der Waals surface area (Å²) in [6, 6.07) is 14.6. The zero-order valence-electron chi connectivity index (χ0n) is 18.8. The number of benzene rings is 2. The van der Waals surface area contributed by atoms with Gasteiger partial charge in [0.15, 0.2) is 0 Å². The Labute approximate surface area is 189 Å². The van der Waals surface area contributed by atoms with Crippen molar-refractivity contribution >= 4 is 28.7 Å². The van der Waals surface area contributed by atoms with Gasteiger partial charge in [-0.25, -0.2) is 9.97 Å². The monoisotopic (exact) mass is 430 g/mol. The zero-order valence-corrected chi connectivity index (χ0v) is 18.8. The predicted octanol–water partition coefficient (Wildman–Crippen LogP) is 4.53. The fraction of sp³-hybridized carbons (Fsp3) is 0.423. The topological polar surface area (TPSA) is 58.6 Å². The average Bonchev–Trinajstić information content (AvgIpc) is 3.69. The number of rotatable bonds is 7. The molecule has 1 aromatic heterocycles. The van der Waals surface area contributed by atoms with Crippen molar-refractivity contribution in [3.05, 3.63) is 53.9 Å². The Balaban J connectivity index is 1.46. The van der Waals surface area contributed by atoms with Crippen molar-refractivity contribution in [2.75, 3.05) is 43.6 Å². The number of likely N-dealkylation sites (N-methyl/N-ethyl adjacent to an activating group) is 1. The molecule has 1 saturated heterocycles. The molecule has 2 heterocycles. The van der Waals surface area contributed by atoms with Gasteiger partial charge in [0.05, 0.1) is 19.2 Å². The van der Waals surface area contributed by atoms with E-state index in [0.29, 0.717) is 18.4 Å². The Morgan fingerprint density at radius 2 is 1.84 bits per heavy atom. The Kier molecular flexibility index (Phi) is 5.68. The van der Waals surface area contributed by atoms with Crippen LogP contribution in [-0.4, -0.2) is 50.0 Å². The van der Waals surface area contributed by atoms with E-state index in [2.05, 4.69) is 35.2 Å². The van der Waals surface area contributed by atoms with Crippen molar-refractivity contribution in [3.8, 4) is 5.75 Å². The van der Waals surface area contributed by atoms with Crippen LogP contribution in [0.3, 0.4) is 0 Å². The van der Waals surface area contributed by atoms with Crippen LogP contribution in [0.1, 0.15) is 48.9 Å². The summed E-state index contributed by atoms with van der Waals surface area (Å²) in [5, 5.41) is 1.07. The van der Waals surface area contributed by atoms with Gasteiger partial charge in [-0.05, 0) is 61.4 Å². The van der Waals surface area contributed by atoms with Gasteiger partial charge in [0.2, 0.25) is 0 Å². The molecule has 1 aliphatic heterocycles. The standard InChI is InChI=1S/C26H30N4O2/c1-29(15-16-31)20-9-10-23-22(17-20)26(28-25(27-23)19-7-8-19)30-13-11-18(12-14-30)21-5-3-4-6-24(21)32-2/h3-6,9-10,16-19H,7-8,11-15H2,1-2H3. The van der Waals surface area contributed by atoms with Gasteiger partial charge < -0.3 is 19.3 Å². The molecule has 0 atom stereocenters. The number of anilines is 2. The third-order valence-corrected chi connectivity index (χ3v) is 6.78. The van der Waals surface area contributed by atoms with Crippen LogP contribution in [0.4, 0.5) is 11.5 Å². The molecule has 0 radical (unpaired) electrons. The maximum atomic E-state index is 11.0. The third-order valence-electron chi connectivity index (χ3n) is 6.78. The summed E-state index contributed by atoms with van der Waals surface area (Å²) in [5.41, 5.74) is 3.31. The minimum Gasteiger partial charge on any atom is -0.496 e. The number of carbonyl (C=O) groups is 1. The van der Waals surface area contributed by atoms with E-state index in [0.717, 1.165) is 66.2 Å². The largest absolute Gasteiger partial charge is 0.496 e. The summed E-state index contributed by atoms with van der Waals surface area (Å²) in [6.07, 6.45) is 5.42. The van der Waals surface area contributed by atoms with Gasteiger partial charge >= 0.3 is 0 Å². The van der Waals surface area contributed by atoms with Crippen molar-refractivity contribution in [1.29, 1.82) is 0 Å². The molecule has 6 heteroatoms. The smallest absolute Gasteiger partial charge is 0.140 e. The molecule has 2 fully saturated rings. The number of ether oxygens (including phenoxy) is 1. The fourth-order valence-corrected chi connectivity index (χ4v) is 4.74. The molecule has 32 heavy (non-hydrogen) atoms. The molecule has 3 aromatic rings. The number of piperidine rings is 1. The summed E-state index contributed by atoms with van der Waals surface area (Å²) in [4.78, 5) is 25.3. The van der Waals surface area contributed by atoms with Crippen molar-refractivity contribution in [2.45, 2.75) is 37.5 Å². The Hall–Kier alpha value is -3.15. The van der Waals surface area contributed by atoms with E-state index in [-0.39, 0.29) is 0 Å². The van der Waals surface area contributed by atoms with Crippen molar-refractivity contribution in [2.24, 2.45) is 0 Å². The minimum absolute atomic E-state index is 0.367. The van der Waals surface area contributed by atoms with Gasteiger partial charge in [-0.1, -0.05) is 18.2 Å². The van der Waals surface area contributed by atoms with Gasteiger partial charge in [0.1, 0.15) is 23.7 Å². The van der Waals surface area contributed by atoms with Crippen molar-refractivity contribution in [1.82, 2.24) is 9.97 Å². The molecule has 0 spiro atoms. The second-order valence-electron chi connectivity index (χ2n) is 8.93. The lowest BCUT2D eigenvalue weighted by Crippen LogP contribution is -2.34. The summed E-state index contributed by atoms with van der Waals surface area (Å²) in [7, 11) is 3.69. The van der Waals surface area contributed by atoms with Gasteiger partial charge in [0, 0.05) is 37.1 Å². The van der Waals surface area contributed by atoms with E-state index in [1.54, 1.807) is 7.11 Å². The molecule has 166 valence electrons. The molecule has 5 rings (SSSR count). The number of para-hydroxylation sites is 1. The number of aldehydes is 1. The summed E-state index contributed by atoms with van der Waals surface area (Å²) in [6.45, 7) is 2.27. The first kappa shape index (κ1) is 20.7. The van der Waals surface area contributed by atoms with E-state index in [4.69, 9.17) is 14.7 Å². The zero-order chi connectivity index (χ0) is 22.1. The highest BCUT2D eigenvalue weighted by Crippen LogP contribution is 2.41. The van der Waals surface area contributed by atoms with Crippen LogP contribution in [0, 0.1) is 0 Å². The number of aromatic nitrogens is 2. The van der Waals surface area contributed by atoms with E-state index in [1.807, 2.05) is 24.1 Å². The average molecular weight is 431 g/mol. The summed E-state index contributed by atoms with van der Waals surface area (Å²) < 4.78 is 5.61. The third kappa shape index (κ3) is 4.01. The molecule has 1 aliphatic carbocycles. The molecule has 2 aromatic carbocycles. The summed E-state index contributed by atoms with van der Waals surface area (Å²) >= 11 is 0. The van der Waals surface area contributed by atoms with Crippen LogP contribution in [0.5, 0.6) is 5.75 Å². The van der Waals surface area contributed by atoms with Crippen LogP contribution in [0.25, 0.3) is 10.9 Å². The molecule has 0 N–H and O–H groups in total. The molecular formula is C26H30N4O2. The van der Waals surface area contributed by atoms with Gasteiger partial charge in [-0.3, -0.25) is 0 Å². The van der Waals surface area contributed by atoms with Crippen LogP contribution in [0.15, 0.2) is 42.5 Å². The number of fused-ring (bicyclic) bond motifs is 1. The Bertz CT molecular complexity index is 1120. The highest BCUT2D eigenvalue weighted by molar-refractivity contribution is 5.92. The molecule has 0 amide bonds. The summed E-state index contributed by atoms with van der Waals surface area (Å²) in [5.74, 6) is 4.00. The number of hydrogen-bond donors (Lipinski definition) is 0. The van der Waals surface area contributed by atoms with E-state index in [9.17, 15) is 4.79 Å². The highest BCUT2D eigenvalue weighted by Gasteiger charge is 2.30. The van der Waals surface area contributed by atoms with Gasteiger partial charge in [0.25, 0.3) is 0 Å². The second kappa shape index (κ2) is 8.77. The molecule has 6 nitrogen and oxygen atoms in total. The quantitative estimate of drug-likeness (QED) is 0.513. The molecule has 0 bridgehead atoms. The van der Waals surface area contributed by atoms with Crippen LogP contribution in [0.2, 0.25) is 0 Å². The van der Waals surface area contributed by atoms with Crippen LogP contribution in [-0.2, 0) is 4.79 Å². The normalized spacial score (nSPS) is 16.9. The maximum Gasteiger partial charge on any atom is 0.140 e. The lowest BCUT2D eigenvalue weighted by atomic mass is 9.88. The van der Waals surface area contributed by atoms with Gasteiger partial charge in [-0.2, -0.15) is 0 Å². The second-order valence-corrected chi connectivity index (χ2v) is 8.93. The van der Waals surface area contributed by atoms with Crippen LogP contribution < -0.4 is 14.5 Å². The molecular weight excluding hydrogens is 400 g/mol.